The van der Waals surface area contributed by atoms with Gasteiger partial charge in [-0.15, -0.1) is 0 Å². The van der Waals surface area contributed by atoms with Crippen LogP contribution < -0.4 is 9.30 Å². The van der Waals surface area contributed by atoms with Crippen LogP contribution >= 0.6 is 0 Å². The SMILES string of the molecule is CC(C)c1ccc(OC(=O)c2cncc[n+]2Cc2ccccc2)cc1. The number of nitrogens with zero attached hydrogens (tertiary/aromatic N) is 2. The quantitative estimate of drug-likeness (QED) is 0.406. The number of hydrogen-bond donors (Lipinski definition) is 0. The zero-order valence-electron chi connectivity index (χ0n) is 14.4. The van der Waals surface area contributed by atoms with Crippen molar-refractivity contribution in [3.8, 4) is 5.75 Å². The Kier molecular flexibility index (Phi) is 5.19. The molecule has 0 aliphatic heterocycles. The number of hydrogen-bond acceptors (Lipinski definition) is 3. The molecule has 0 bridgehead atoms. The summed E-state index contributed by atoms with van der Waals surface area (Å²) in [5.74, 6) is 0.557. The lowest BCUT2D eigenvalue weighted by Gasteiger charge is -2.07. The van der Waals surface area contributed by atoms with Gasteiger partial charge < -0.3 is 4.74 Å². The molecule has 0 fully saturated rings. The van der Waals surface area contributed by atoms with Gasteiger partial charge in [0, 0.05) is 5.56 Å². The van der Waals surface area contributed by atoms with E-state index < -0.39 is 5.97 Å². The van der Waals surface area contributed by atoms with Gasteiger partial charge in [-0.3, -0.25) is 4.98 Å². The average molecular weight is 333 g/mol. The molecule has 0 N–H and O–H groups in total. The first-order chi connectivity index (χ1) is 12.1. The molecule has 0 saturated carbocycles. The molecule has 3 rings (SSSR count). The van der Waals surface area contributed by atoms with E-state index in [4.69, 9.17) is 4.74 Å². The van der Waals surface area contributed by atoms with Gasteiger partial charge in [0.25, 0.3) is 0 Å². The molecular formula is C21H21N2O2+. The second kappa shape index (κ2) is 7.71. The van der Waals surface area contributed by atoms with E-state index in [1.807, 2.05) is 59.2 Å². The Morgan fingerprint density at radius 2 is 1.80 bits per heavy atom. The second-order valence-electron chi connectivity index (χ2n) is 6.19. The van der Waals surface area contributed by atoms with E-state index in [0.29, 0.717) is 23.9 Å². The first-order valence-corrected chi connectivity index (χ1v) is 8.33. The summed E-state index contributed by atoms with van der Waals surface area (Å²) in [7, 11) is 0. The van der Waals surface area contributed by atoms with Gasteiger partial charge in [-0.05, 0) is 23.6 Å². The van der Waals surface area contributed by atoms with Crippen LogP contribution in [0.1, 0.15) is 41.4 Å². The summed E-state index contributed by atoms with van der Waals surface area (Å²) in [5.41, 5.74) is 2.73. The van der Waals surface area contributed by atoms with Gasteiger partial charge in [0.1, 0.15) is 11.9 Å². The highest BCUT2D eigenvalue weighted by atomic mass is 16.5. The molecule has 25 heavy (non-hydrogen) atoms. The standard InChI is InChI=1S/C21H21N2O2/c1-16(2)18-8-10-19(11-9-18)25-21(24)20-14-22-12-13-23(20)15-17-6-4-3-5-7-17/h3-14,16H,15H2,1-2H3/q+1. The summed E-state index contributed by atoms with van der Waals surface area (Å²) < 4.78 is 7.35. The van der Waals surface area contributed by atoms with Crippen LogP contribution in [0.15, 0.2) is 73.2 Å². The van der Waals surface area contributed by atoms with E-state index in [-0.39, 0.29) is 0 Å². The second-order valence-corrected chi connectivity index (χ2v) is 6.19. The number of aromatic nitrogens is 2. The molecule has 0 amide bonds. The minimum atomic E-state index is -0.415. The Morgan fingerprint density at radius 1 is 1.08 bits per heavy atom. The molecular weight excluding hydrogens is 312 g/mol. The van der Waals surface area contributed by atoms with Crippen molar-refractivity contribution in [3.05, 3.63) is 90.0 Å². The molecule has 4 heteroatoms. The highest BCUT2D eigenvalue weighted by Gasteiger charge is 2.22. The van der Waals surface area contributed by atoms with Crippen molar-refractivity contribution in [2.24, 2.45) is 0 Å². The first kappa shape index (κ1) is 16.8. The maximum Gasteiger partial charge on any atom is 0.410 e. The van der Waals surface area contributed by atoms with Gasteiger partial charge in [0.05, 0.1) is 6.20 Å². The Morgan fingerprint density at radius 3 is 2.48 bits per heavy atom. The van der Waals surface area contributed by atoms with E-state index in [9.17, 15) is 4.79 Å². The summed E-state index contributed by atoms with van der Waals surface area (Å²) in [6.07, 6.45) is 4.98. The number of rotatable bonds is 5. The molecule has 0 radical (unpaired) electrons. The summed E-state index contributed by atoms with van der Waals surface area (Å²) in [5, 5.41) is 0. The van der Waals surface area contributed by atoms with Gasteiger partial charge >= 0.3 is 11.7 Å². The minimum Gasteiger partial charge on any atom is -0.419 e. The number of carbonyl (C=O) groups is 1. The highest BCUT2D eigenvalue weighted by Crippen LogP contribution is 2.19. The van der Waals surface area contributed by atoms with Crippen molar-refractivity contribution in [3.63, 3.8) is 0 Å². The number of esters is 1. The predicted octanol–water partition coefficient (Wildman–Crippen LogP) is 3.76. The lowest BCUT2D eigenvalue weighted by Crippen LogP contribution is -2.42. The van der Waals surface area contributed by atoms with Crippen molar-refractivity contribution in [2.45, 2.75) is 26.3 Å². The normalized spacial score (nSPS) is 10.7. The smallest absolute Gasteiger partial charge is 0.410 e. The van der Waals surface area contributed by atoms with Crippen molar-refractivity contribution in [1.82, 2.24) is 4.98 Å². The molecule has 1 heterocycles. The van der Waals surface area contributed by atoms with Crippen LogP contribution in [0, 0.1) is 0 Å². The van der Waals surface area contributed by atoms with Crippen molar-refractivity contribution in [1.29, 1.82) is 0 Å². The highest BCUT2D eigenvalue weighted by molar-refractivity contribution is 5.87. The molecule has 2 aromatic carbocycles. The summed E-state index contributed by atoms with van der Waals surface area (Å²) >= 11 is 0. The Labute approximate surface area is 147 Å². The Balaban J connectivity index is 1.78. The molecule has 0 aliphatic rings. The topological polar surface area (TPSA) is 43.1 Å². The van der Waals surface area contributed by atoms with E-state index in [1.165, 1.54) is 11.8 Å². The van der Waals surface area contributed by atoms with E-state index in [0.717, 1.165) is 5.56 Å². The van der Waals surface area contributed by atoms with Crippen LogP contribution in [-0.4, -0.2) is 11.0 Å². The molecule has 3 aromatic rings. The fraction of sp³-hybridized carbons (Fsp3) is 0.190. The largest absolute Gasteiger partial charge is 0.419 e. The zero-order valence-corrected chi connectivity index (χ0v) is 14.4. The van der Waals surface area contributed by atoms with Crippen molar-refractivity contribution in [2.75, 3.05) is 0 Å². The Bertz CT molecular complexity index is 843. The molecule has 126 valence electrons. The molecule has 0 spiro atoms. The fourth-order valence-electron chi connectivity index (χ4n) is 2.56. The van der Waals surface area contributed by atoms with E-state index in [1.54, 1.807) is 12.4 Å². The lowest BCUT2D eigenvalue weighted by molar-refractivity contribution is -0.691. The van der Waals surface area contributed by atoms with E-state index >= 15 is 0 Å². The third-order valence-electron chi connectivity index (χ3n) is 4.00. The third-order valence-corrected chi connectivity index (χ3v) is 4.00. The number of carbonyl (C=O) groups excluding carboxylic acids is 1. The molecule has 0 unspecified atom stereocenters. The molecule has 1 aromatic heterocycles. The zero-order chi connectivity index (χ0) is 17.6. The number of benzene rings is 2. The van der Waals surface area contributed by atoms with Crippen LogP contribution in [0.2, 0.25) is 0 Å². The molecule has 0 atom stereocenters. The van der Waals surface area contributed by atoms with Crippen LogP contribution in [-0.2, 0) is 6.54 Å². The Hall–Kier alpha value is -3.01. The van der Waals surface area contributed by atoms with Gasteiger partial charge in [-0.1, -0.05) is 56.3 Å². The van der Waals surface area contributed by atoms with Gasteiger partial charge in [-0.2, -0.15) is 4.57 Å². The number of ether oxygens (including phenoxy) is 1. The summed E-state index contributed by atoms with van der Waals surface area (Å²) in [6, 6.07) is 17.6. The summed E-state index contributed by atoms with van der Waals surface area (Å²) in [4.78, 5) is 16.6. The average Bonchev–Trinajstić information content (AvgIpc) is 2.63. The van der Waals surface area contributed by atoms with Crippen LogP contribution in [0.4, 0.5) is 0 Å². The van der Waals surface area contributed by atoms with Crippen LogP contribution in [0.25, 0.3) is 0 Å². The lowest BCUT2D eigenvalue weighted by atomic mass is 10.0. The molecule has 0 saturated heterocycles. The molecule has 4 nitrogen and oxygen atoms in total. The monoisotopic (exact) mass is 333 g/mol. The van der Waals surface area contributed by atoms with Crippen LogP contribution in [0.3, 0.4) is 0 Å². The maximum absolute atomic E-state index is 12.6. The predicted molar refractivity (Wildman–Crippen MR) is 95.5 cm³/mol. The third kappa shape index (κ3) is 4.29. The van der Waals surface area contributed by atoms with Crippen molar-refractivity contribution < 1.29 is 14.1 Å². The first-order valence-electron chi connectivity index (χ1n) is 8.33. The minimum absolute atomic E-state index is 0.415. The van der Waals surface area contributed by atoms with Gasteiger partial charge in [-0.25, -0.2) is 4.79 Å². The van der Waals surface area contributed by atoms with Crippen molar-refractivity contribution >= 4 is 5.97 Å². The van der Waals surface area contributed by atoms with Crippen LogP contribution in [0.5, 0.6) is 5.75 Å². The maximum atomic E-state index is 12.6. The summed E-state index contributed by atoms with van der Waals surface area (Å²) in [6.45, 7) is 4.84. The van der Waals surface area contributed by atoms with Gasteiger partial charge in [0.2, 0.25) is 0 Å². The fourth-order valence-corrected chi connectivity index (χ4v) is 2.56. The van der Waals surface area contributed by atoms with Gasteiger partial charge in [0.15, 0.2) is 12.7 Å². The van der Waals surface area contributed by atoms with E-state index in [2.05, 4.69) is 18.8 Å². The molecule has 0 aliphatic carbocycles.